The highest BCUT2D eigenvalue weighted by atomic mass is 16.7. The first-order valence-corrected chi connectivity index (χ1v) is 3.26. The number of carbonyl (C=O) groups is 2. The third-order valence-electron chi connectivity index (χ3n) is 0.924. The largest absolute Gasteiger partial charge is 0.352 e. The second kappa shape index (κ2) is 5.19. The minimum Gasteiger partial charge on any atom is -0.352 e. The van der Waals surface area contributed by atoms with Crippen LogP contribution in [-0.2, 0) is 4.84 Å². The van der Waals surface area contributed by atoms with E-state index < -0.39 is 12.1 Å². The van der Waals surface area contributed by atoms with E-state index >= 15 is 0 Å². The Morgan fingerprint density at radius 2 is 2.00 bits per heavy atom. The minimum atomic E-state index is -0.791. The van der Waals surface area contributed by atoms with Gasteiger partial charge in [0.15, 0.2) is 0 Å². The summed E-state index contributed by atoms with van der Waals surface area (Å²) in [6.45, 7) is 1.83. The molecule has 0 bridgehead atoms. The van der Waals surface area contributed by atoms with E-state index in [2.05, 4.69) is 10.2 Å². The molecule has 0 fully saturated rings. The predicted octanol–water partition coefficient (Wildman–Crippen LogP) is -1.36. The summed E-state index contributed by atoms with van der Waals surface area (Å²) >= 11 is 0. The molecule has 70 valence electrons. The molecule has 0 saturated heterocycles. The van der Waals surface area contributed by atoms with Crippen molar-refractivity contribution in [3.05, 3.63) is 0 Å². The number of rotatable bonds is 4. The van der Waals surface area contributed by atoms with Crippen molar-refractivity contribution in [2.24, 2.45) is 11.5 Å². The van der Waals surface area contributed by atoms with Crippen LogP contribution in [0.5, 0.6) is 0 Å². The molecule has 0 spiro atoms. The number of amides is 4. The summed E-state index contributed by atoms with van der Waals surface area (Å²) < 4.78 is 0. The number of urea groups is 2. The fourth-order valence-electron chi connectivity index (χ4n) is 0.445. The van der Waals surface area contributed by atoms with Crippen LogP contribution in [0.3, 0.4) is 0 Å². The van der Waals surface area contributed by atoms with E-state index in [1.807, 2.05) is 5.48 Å². The Bertz CT molecular complexity index is 154. The summed E-state index contributed by atoms with van der Waals surface area (Å²) in [5.41, 5.74) is 11.4. The molecule has 0 rings (SSSR count). The van der Waals surface area contributed by atoms with Gasteiger partial charge in [-0.1, -0.05) is 0 Å². The van der Waals surface area contributed by atoms with Crippen molar-refractivity contribution in [3.8, 4) is 0 Å². The molecular weight excluding hydrogens is 164 g/mol. The fraction of sp³-hybridized carbons (Fsp3) is 0.600. The molecule has 0 aliphatic carbocycles. The van der Waals surface area contributed by atoms with Crippen molar-refractivity contribution in [2.45, 2.75) is 13.0 Å². The molecule has 1 atom stereocenters. The summed E-state index contributed by atoms with van der Waals surface area (Å²) in [5.74, 6) is 0. The van der Waals surface area contributed by atoms with Gasteiger partial charge >= 0.3 is 12.1 Å². The lowest BCUT2D eigenvalue weighted by Gasteiger charge is -2.11. The second-order valence-corrected chi connectivity index (χ2v) is 2.14. The average molecular weight is 176 g/mol. The number of carbonyl (C=O) groups excluding carboxylic acids is 2. The zero-order chi connectivity index (χ0) is 9.56. The van der Waals surface area contributed by atoms with Crippen LogP contribution >= 0.6 is 0 Å². The van der Waals surface area contributed by atoms with Crippen LogP contribution in [0.4, 0.5) is 9.59 Å². The molecule has 1 unspecified atom stereocenters. The van der Waals surface area contributed by atoms with E-state index in [0.29, 0.717) is 0 Å². The number of nitrogens with two attached hydrogens (primary N) is 2. The van der Waals surface area contributed by atoms with Crippen LogP contribution < -0.4 is 22.3 Å². The van der Waals surface area contributed by atoms with Crippen LogP contribution in [0.25, 0.3) is 0 Å². The number of hydroxylamine groups is 1. The van der Waals surface area contributed by atoms with Gasteiger partial charge in [0.05, 0.1) is 0 Å². The molecule has 0 aromatic rings. The first kappa shape index (κ1) is 10.5. The lowest BCUT2D eigenvalue weighted by atomic mass is 10.4. The maximum absolute atomic E-state index is 10.2. The molecule has 12 heavy (non-hydrogen) atoms. The van der Waals surface area contributed by atoms with Gasteiger partial charge in [0, 0.05) is 6.54 Å². The van der Waals surface area contributed by atoms with Crippen molar-refractivity contribution < 1.29 is 14.4 Å². The Labute approximate surface area is 69.4 Å². The third-order valence-corrected chi connectivity index (χ3v) is 0.924. The molecule has 7 heteroatoms. The maximum atomic E-state index is 10.2. The van der Waals surface area contributed by atoms with Crippen LogP contribution in [0.15, 0.2) is 0 Å². The molecular formula is C5H12N4O3. The monoisotopic (exact) mass is 176 g/mol. The van der Waals surface area contributed by atoms with E-state index in [-0.39, 0.29) is 12.6 Å². The fourth-order valence-corrected chi connectivity index (χ4v) is 0.445. The first-order valence-electron chi connectivity index (χ1n) is 3.26. The summed E-state index contributed by atoms with van der Waals surface area (Å²) in [6.07, 6.45) is -0.384. The minimum absolute atomic E-state index is 0.204. The Hall–Kier alpha value is -1.50. The van der Waals surface area contributed by atoms with E-state index in [4.69, 9.17) is 11.5 Å². The van der Waals surface area contributed by atoms with Gasteiger partial charge in [0.1, 0.15) is 6.10 Å². The first-order chi connectivity index (χ1) is 5.52. The van der Waals surface area contributed by atoms with Gasteiger partial charge in [-0.3, -0.25) is 4.84 Å². The summed E-state index contributed by atoms with van der Waals surface area (Å²) in [6, 6.07) is -1.44. The molecule has 0 aromatic heterocycles. The zero-order valence-corrected chi connectivity index (χ0v) is 6.66. The van der Waals surface area contributed by atoms with Gasteiger partial charge < -0.3 is 16.8 Å². The normalized spacial score (nSPS) is 11.8. The molecule has 0 heterocycles. The Balaban J connectivity index is 3.39. The zero-order valence-electron chi connectivity index (χ0n) is 6.66. The van der Waals surface area contributed by atoms with Crippen LogP contribution in [0, 0.1) is 0 Å². The highest BCUT2D eigenvalue weighted by Crippen LogP contribution is 1.83. The number of nitrogens with one attached hydrogen (secondary N) is 2. The molecule has 0 radical (unpaired) electrons. The second-order valence-electron chi connectivity index (χ2n) is 2.14. The molecule has 7 nitrogen and oxygen atoms in total. The summed E-state index contributed by atoms with van der Waals surface area (Å²) in [7, 11) is 0. The smallest absolute Gasteiger partial charge is 0.336 e. The topological polar surface area (TPSA) is 119 Å². The Morgan fingerprint density at radius 3 is 2.42 bits per heavy atom. The van der Waals surface area contributed by atoms with Crippen molar-refractivity contribution in [2.75, 3.05) is 6.54 Å². The molecule has 4 amide bonds. The van der Waals surface area contributed by atoms with E-state index in [1.165, 1.54) is 0 Å². The van der Waals surface area contributed by atoms with E-state index in [9.17, 15) is 9.59 Å². The quantitative estimate of drug-likeness (QED) is 0.396. The molecule has 0 aliphatic rings. The van der Waals surface area contributed by atoms with Crippen LogP contribution in [0.1, 0.15) is 6.92 Å². The molecule has 0 saturated carbocycles. The van der Waals surface area contributed by atoms with Crippen LogP contribution in [0.2, 0.25) is 0 Å². The number of hydrogen-bond acceptors (Lipinski definition) is 3. The van der Waals surface area contributed by atoms with Gasteiger partial charge in [-0.2, -0.15) is 0 Å². The van der Waals surface area contributed by atoms with Gasteiger partial charge in [0.2, 0.25) is 0 Å². The standard InChI is InChI=1S/C5H12N4O3/c1-3(2-8-4(6)10)12-9-5(7)11/h3H,2H2,1H3,(H3,6,8,10)(H3,7,9,11). The van der Waals surface area contributed by atoms with Crippen molar-refractivity contribution in [1.82, 2.24) is 10.8 Å². The third kappa shape index (κ3) is 6.62. The van der Waals surface area contributed by atoms with Crippen molar-refractivity contribution in [1.29, 1.82) is 0 Å². The van der Waals surface area contributed by atoms with Gasteiger partial charge in [-0.15, -0.1) is 0 Å². The van der Waals surface area contributed by atoms with Crippen molar-refractivity contribution in [3.63, 3.8) is 0 Å². The predicted molar refractivity (Wildman–Crippen MR) is 40.9 cm³/mol. The number of primary amides is 2. The van der Waals surface area contributed by atoms with Crippen molar-refractivity contribution >= 4 is 12.1 Å². The number of hydrogen-bond donors (Lipinski definition) is 4. The molecule has 0 aromatic carbocycles. The molecule has 6 N–H and O–H groups in total. The lowest BCUT2D eigenvalue weighted by Crippen LogP contribution is -2.40. The Kier molecular flexibility index (Phi) is 4.54. The highest BCUT2D eigenvalue weighted by Gasteiger charge is 2.03. The van der Waals surface area contributed by atoms with Gasteiger partial charge in [-0.05, 0) is 6.92 Å². The summed E-state index contributed by atoms with van der Waals surface area (Å²) in [4.78, 5) is 25.0. The maximum Gasteiger partial charge on any atom is 0.336 e. The van der Waals surface area contributed by atoms with Gasteiger partial charge in [-0.25, -0.2) is 15.1 Å². The van der Waals surface area contributed by atoms with E-state index in [0.717, 1.165) is 0 Å². The van der Waals surface area contributed by atoms with Gasteiger partial charge in [0.25, 0.3) is 0 Å². The lowest BCUT2D eigenvalue weighted by molar-refractivity contribution is 0.0105. The molecule has 0 aliphatic heterocycles. The average Bonchev–Trinajstić information content (AvgIpc) is 1.96. The summed E-state index contributed by atoms with van der Waals surface area (Å²) in [5, 5.41) is 2.29. The Morgan fingerprint density at radius 1 is 1.42 bits per heavy atom. The van der Waals surface area contributed by atoms with E-state index in [1.54, 1.807) is 6.92 Å². The van der Waals surface area contributed by atoms with Crippen LogP contribution in [-0.4, -0.2) is 24.7 Å². The highest BCUT2D eigenvalue weighted by molar-refractivity contribution is 5.71. The SMILES string of the molecule is CC(CNC(N)=O)ONC(N)=O.